The van der Waals surface area contributed by atoms with E-state index in [2.05, 4.69) is 4.98 Å². The van der Waals surface area contributed by atoms with E-state index in [1.807, 2.05) is 13.8 Å². The molecule has 0 aliphatic rings. The van der Waals surface area contributed by atoms with Crippen LogP contribution < -0.4 is 0 Å². The third-order valence-electron chi connectivity index (χ3n) is 2.43. The quantitative estimate of drug-likeness (QED) is 0.793. The molecular weight excluding hydrogens is 223 g/mol. The van der Waals surface area contributed by atoms with Gasteiger partial charge in [-0.05, 0) is 32.4 Å². The van der Waals surface area contributed by atoms with Crippen molar-refractivity contribution in [2.75, 3.05) is 13.2 Å². The molecule has 0 atom stereocenters. The molecule has 4 nitrogen and oxygen atoms in total. The number of aliphatic hydroxyl groups excluding tert-OH is 1. The van der Waals surface area contributed by atoms with Gasteiger partial charge in [0.25, 0.3) is 5.91 Å². The van der Waals surface area contributed by atoms with Crippen LogP contribution >= 0.6 is 0 Å². The fraction of sp³-hybridized carbons (Fsp3) is 0.500. The van der Waals surface area contributed by atoms with Gasteiger partial charge in [-0.25, -0.2) is 4.98 Å². The molecule has 0 fully saturated rings. The highest BCUT2D eigenvalue weighted by Gasteiger charge is 2.21. The van der Waals surface area contributed by atoms with Crippen LogP contribution in [0.4, 0.5) is 4.39 Å². The Hall–Kier alpha value is -1.49. The van der Waals surface area contributed by atoms with E-state index in [1.165, 1.54) is 23.2 Å². The number of halogens is 1. The molecule has 0 spiro atoms. The molecule has 94 valence electrons. The molecule has 0 aliphatic carbocycles. The summed E-state index contributed by atoms with van der Waals surface area (Å²) in [6.45, 7) is 4.11. The summed E-state index contributed by atoms with van der Waals surface area (Å²) in [6, 6.07) is 2.90. The second kappa shape index (κ2) is 6.30. The van der Waals surface area contributed by atoms with Gasteiger partial charge >= 0.3 is 0 Å². The lowest BCUT2D eigenvalue weighted by atomic mass is 10.2. The highest BCUT2D eigenvalue weighted by Crippen LogP contribution is 2.11. The van der Waals surface area contributed by atoms with Crippen LogP contribution in [0.3, 0.4) is 0 Å². The SMILES string of the molecule is CC(C)N(CCCO)C(=O)c1cccnc1F. The number of rotatable bonds is 5. The summed E-state index contributed by atoms with van der Waals surface area (Å²) in [5, 5.41) is 8.78. The van der Waals surface area contributed by atoms with E-state index in [9.17, 15) is 9.18 Å². The zero-order chi connectivity index (χ0) is 12.8. The Bertz CT molecular complexity index is 383. The molecule has 1 aromatic rings. The van der Waals surface area contributed by atoms with Crippen molar-refractivity contribution in [3.8, 4) is 0 Å². The lowest BCUT2D eigenvalue weighted by Gasteiger charge is -2.26. The number of pyridine rings is 1. The van der Waals surface area contributed by atoms with E-state index < -0.39 is 5.95 Å². The lowest BCUT2D eigenvalue weighted by molar-refractivity contribution is 0.0687. The van der Waals surface area contributed by atoms with Crippen LogP contribution in [-0.4, -0.2) is 40.1 Å². The van der Waals surface area contributed by atoms with Crippen molar-refractivity contribution in [3.05, 3.63) is 29.8 Å². The zero-order valence-corrected chi connectivity index (χ0v) is 10.1. The lowest BCUT2D eigenvalue weighted by Crippen LogP contribution is -2.38. The summed E-state index contributed by atoms with van der Waals surface area (Å²) in [4.78, 5) is 17.1. The van der Waals surface area contributed by atoms with Crippen LogP contribution in [0.15, 0.2) is 18.3 Å². The molecule has 1 rings (SSSR count). The molecule has 0 aromatic carbocycles. The monoisotopic (exact) mass is 240 g/mol. The molecule has 1 aromatic heterocycles. The summed E-state index contributed by atoms with van der Waals surface area (Å²) in [7, 11) is 0. The van der Waals surface area contributed by atoms with Gasteiger partial charge in [-0.3, -0.25) is 4.79 Å². The van der Waals surface area contributed by atoms with Crippen LogP contribution in [0.1, 0.15) is 30.6 Å². The van der Waals surface area contributed by atoms with Gasteiger partial charge in [-0.15, -0.1) is 0 Å². The van der Waals surface area contributed by atoms with Gasteiger partial charge in [-0.2, -0.15) is 4.39 Å². The Morgan fingerprint density at radius 2 is 2.29 bits per heavy atom. The minimum atomic E-state index is -0.757. The minimum absolute atomic E-state index is 0.00597. The molecule has 0 saturated carbocycles. The second-order valence-electron chi connectivity index (χ2n) is 4.01. The maximum atomic E-state index is 13.4. The maximum absolute atomic E-state index is 13.4. The van der Waals surface area contributed by atoms with E-state index in [1.54, 1.807) is 0 Å². The first kappa shape index (κ1) is 13.6. The number of amides is 1. The number of carbonyl (C=O) groups is 1. The van der Waals surface area contributed by atoms with Crippen molar-refractivity contribution in [2.45, 2.75) is 26.3 Å². The van der Waals surface area contributed by atoms with Crippen LogP contribution in [0.25, 0.3) is 0 Å². The van der Waals surface area contributed by atoms with Crippen molar-refractivity contribution in [1.82, 2.24) is 9.88 Å². The predicted molar refractivity (Wildman–Crippen MR) is 62.1 cm³/mol. The molecule has 1 heterocycles. The molecule has 17 heavy (non-hydrogen) atoms. The standard InChI is InChI=1S/C12H17FN2O2/c1-9(2)15(7-4-8-16)12(17)10-5-3-6-14-11(10)13/h3,5-6,9,16H,4,7-8H2,1-2H3. The fourth-order valence-electron chi connectivity index (χ4n) is 1.54. The van der Waals surface area contributed by atoms with E-state index in [0.29, 0.717) is 13.0 Å². The maximum Gasteiger partial charge on any atom is 0.258 e. The number of nitrogens with zero attached hydrogens (tertiary/aromatic N) is 2. The molecule has 0 unspecified atom stereocenters. The van der Waals surface area contributed by atoms with Gasteiger partial charge in [-0.1, -0.05) is 0 Å². The molecule has 0 bridgehead atoms. The summed E-state index contributed by atoms with van der Waals surface area (Å²) >= 11 is 0. The Morgan fingerprint density at radius 1 is 1.59 bits per heavy atom. The minimum Gasteiger partial charge on any atom is -0.396 e. The first-order valence-corrected chi connectivity index (χ1v) is 5.60. The van der Waals surface area contributed by atoms with Crippen LogP contribution in [-0.2, 0) is 0 Å². The van der Waals surface area contributed by atoms with Crippen LogP contribution in [0.5, 0.6) is 0 Å². The summed E-state index contributed by atoms with van der Waals surface area (Å²) in [5.74, 6) is -1.15. The third-order valence-corrected chi connectivity index (χ3v) is 2.43. The van der Waals surface area contributed by atoms with Gasteiger partial charge in [0.05, 0.1) is 5.56 Å². The largest absolute Gasteiger partial charge is 0.396 e. The Labute approximate surface area is 100 Å². The summed E-state index contributed by atoms with van der Waals surface area (Å²) < 4.78 is 13.4. The van der Waals surface area contributed by atoms with E-state index in [0.717, 1.165) is 0 Å². The van der Waals surface area contributed by atoms with E-state index in [-0.39, 0.29) is 24.1 Å². The first-order valence-electron chi connectivity index (χ1n) is 5.60. The zero-order valence-electron chi connectivity index (χ0n) is 10.1. The number of hydrogen-bond donors (Lipinski definition) is 1. The van der Waals surface area contributed by atoms with Gasteiger partial charge in [0, 0.05) is 25.4 Å². The highest BCUT2D eigenvalue weighted by atomic mass is 19.1. The van der Waals surface area contributed by atoms with Crippen molar-refractivity contribution in [2.24, 2.45) is 0 Å². The topological polar surface area (TPSA) is 53.4 Å². The van der Waals surface area contributed by atoms with Crippen molar-refractivity contribution < 1.29 is 14.3 Å². The number of aliphatic hydroxyl groups is 1. The average Bonchev–Trinajstić information content (AvgIpc) is 2.29. The van der Waals surface area contributed by atoms with Crippen LogP contribution in [0, 0.1) is 5.95 Å². The van der Waals surface area contributed by atoms with Crippen LogP contribution in [0.2, 0.25) is 0 Å². The molecule has 1 amide bonds. The Balaban J connectivity index is 2.88. The number of carbonyl (C=O) groups excluding carboxylic acids is 1. The number of hydrogen-bond acceptors (Lipinski definition) is 3. The summed E-state index contributed by atoms with van der Waals surface area (Å²) in [5.41, 5.74) is -0.0286. The van der Waals surface area contributed by atoms with Crippen molar-refractivity contribution >= 4 is 5.91 Å². The normalized spacial score (nSPS) is 10.6. The van der Waals surface area contributed by atoms with Gasteiger partial charge in [0.15, 0.2) is 0 Å². The van der Waals surface area contributed by atoms with Crippen molar-refractivity contribution in [1.29, 1.82) is 0 Å². The van der Waals surface area contributed by atoms with Crippen molar-refractivity contribution in [3.63, 3.8) is 0 Å². The Morgan fingerprint density at radius 3 is 2.82 bits per heavy atom. The van der Waals surface area contributed by atoms with Gasteiger partial charge in [0.1, 0.15) is 0 Å². The second-order valence-corrected chi connectivity index (χ2v) is 4.01. The average molecular weight is 240 g/mol. The molecule has 0 aliphatic heterocycles. The van der Waals surface area contributed by atoms with E-state index in [4.69, 9.17) is 5.11 Å². The summed E-state index contributed by atoms with van der Waals surface area (Å²) in [6.07, 6.45) is 1.78. The molecule has 0 saturated heterocycles. The molecule has 5 heteroatoms. The fourth-order valence-corrected chi connectivity index (χ4v) is 1.54. The predicted octanol–water partition coefficient (Wildman–Crippen LogP) is 1.45. The molecule has 1 N–H and O–H groups in total. The smallest absolute Gasteiger partial charge is 0.258 e. The molecule has 0 radical (unpaired) electrons. The number of aromatic nitrogens is 1. The van der Waals surface area contributed by atoms with Gasteiger partial charge in [0.2, 0.25) is 5.95 Å². The first-order chi connectivity index (χ1) is 8.07. The van der Waals surface area contributed by atoms with E-state index >= 15 is 0 Å². The van der Waals surface area contributed by atoms with Gasteiger partial charge < -0.3 is 10.0 Å². The highest BCUT2D eigenvalue weighted by molar-refractivity contribution is 5.94. The Kier molecular flexibility index (Phi) is 5.03. The third kappa shape index (κ3) is 3.49. The molecular formula is C12H17FN2O2.